The molecule has 0 spiro atoms. The maximum atomic E-state index is 14.1. The highest BCUT2D eigenvalue weighted by Crippen LogP contribution is 2.36. The van der Waals surface area contributed by atoms with Crippen LogP contribution in [-0.2, 0) is 14.3 Å². The smallest absolute Gasteiger partial charge is 0.339 e. The number of thiazole rings is 1. The number of hydrogen-bond donors (Lipinski definition) is 0. The first-order chi connectivity index (χ1) is 22.1. The van der Waals surface area contributed by atoms with E-state index >= 15 is 0 Å². The molecule has 0 saturated heterocycles. The lowest BCUT2D eigenvalue weighted by atomic mass is 9.95. The van der Waals surface area contributed by atoms with Crippen LogP contribution in [0, 0.1) is 0 Å². The highest BCUT2D eigenvalue weighted by Gasteiger charge is 2.34. The van der Waals surface area contributed by atoms with Gasteiger partial charge in [-0.25, -0.2) is 14.6 Å². The number of carbonyl (C=O) groups is 2. The molecule has 1 aliphatic heterocycles. The molecule has 0 bridgehead atoms. The van der Waals surface area contributed by atoms with Crippen LogP contribution in [0.2, 0.25) is 5.02 Å². The van der Waals surface area contributed by atoms with Gasteiger partial charge in [-0.05, 0) is 82.6 Å². The van der Waals surface area contributed by atoms with E-state index in [9.17, 15) is 14.4 Å². The van der Waals surface area contributed by atoms with E-state index in [4.69, 9.17) is 35.0 Å². The third kappa shape index (κ3) is 6.52. The van der Waals surface area contributed by atoms with Crippen molar-refractivity contribution in [3.05, 3.63) is 101 Å². The molecule has 0 saturated carbocycles. The van der Waals surface area contributed by atoms with Crippen molar-refractivity contribution in [3.8, 4) is 22.8 Å². The standard InChI is InChI=1S/C34H33ClN2O8S/c1-7-42-27-15-20(9-13-26(27)41-6)30-29(33(40)43-8-2)19(5)36-34-37(30)31(38)28(46-34)17-22-11-14-25(45-22)24-16-21(35)10-12-23(24)32(39)44-18(3)4/h9-18,30H,7-8H2,1-6H3/b28-17+/t30-/m0/s1. The number of methoxy groups -OCH3 is 1. The summed E-state index contributed by atoms with van der Waals surface area (Å²) in [6.07, 6.45) is 1.29. The highest BCUT2D eigenvalue weighted by molar-refractivity contribution is 7.07. The van der Waals surface area contributed by atoms with Gasteiger partial charge in [0.15, 0.2) is 16.3 Å². The Hall–Kier alpha value is -4.61. The molecule has 3 heterocycles. The van der Waals surface area contributed by atoms with Crippen molar-refractivity contribution in [2.45, 2.75) is 46.8 Å². The molecule has 2 aromatic carbocycles. The Labute approximate surface area is 274 Å². The predicted octanol–water partition coefficient (Wildman–Crippen LogP) is 5.68. The molecule has 4 aromatic rings. The van der Waals surface area contributed by atoms with Gasteiger partial charge in [0, 0.05) is 16.7 Å². The summed E-state index contributed by atoms with van der Waals surface area (Å²) in [6, 6.07) is 12.6. The average Bonchev–Trinajstić information content (AvgIpc) is 3.60. The number of aromatic nitrogens is 1. The number of ether oxygens (including phenoxy) is 4. The predicted molar refractivity (Wildman–Crippen MR) is 174 cm³/mol. The summed E-state index contributed by atoms with van der Waals surface area (Å²) in [5, 5.41) is 0.418. The number of esters is 2. The Balaban J connectivity index is 1.63. The average molecular weight is 665 g/mol. The van der Waals surface area contributed by atoms with Gasteiger partial charge >= 0.3 is 11.9 Å². The van der Waals surface area contributed by atoms with Crippen LogP contribution in [0.5, 0.6) is 11.5 Å². The van der Waals surface area contributed by atoms with Crippen molar-refractivity contribution >= 4 is 41.0 Å². The second-order valence-corrected chi connectivity index (χ2v) is 11.9. The number of furan rings is 1. The topological polar surface area (TPSA) is 119 Å². The van der Waals surface area contributed by atoms with Crippen LogP contribution >= 0.6 is 22.9 Å². The van der Waals surface area contributed by atoms with Gasteiger partial charge in [0.25, 0.3) is 5.56 Å². The number of allylic oxidation sites excluding steroid dienone is 1. The van der Waals surface area contributed by atoms with Crippen molar-refractivity contribution in [2.24, 2.45) is 4.99 Å². The lowest BCUT2D eigenvalue weighted by Crippen LogP contribution is -2.39. The van der Waals surface area contributed by atoms with Crippen LogP contribution in [0.25, 0.3) is 17.4 Å². The van der Waals surface area contributed by atoms with Gasteiger partial charge < -0.3 is 23.4 Å². The van der Waals surface area contributed by atoms with E-state index in [1.54, 1.807) is 89.4 Å². The van der Waals surface area contributed by atoms with Gasteiger partial charge in [-0.2, -0.15) is 0 Å². The van der Waals surface area contributed by atoms with E-state index in [0.717, 1.165) is 11.3 Å². The summed E-state index contributed by atoms with van der Waals surface area (Å²) in [6.45, 7) is 9.37. The molecule has 0 fully saturated rings. The minimum Gasteiger partial charge on any atom is -0.493 e. The third-order valence-corrected chi connectivity index (χ3v) is 8.25. The summed E-state index contributed by atoms with van der Waals surface area (Å²) in [7, 11) is 1.54. The molecule has 1 aliphatic rings. The highest BCUT2D eigenvalue weighted by atomic mass is 35.5. The molecule has 46 heavy (non-hydrogen) atoms. The fourth-order valence-corrected chi connectivity index (χ4v) is 6.32. The number of rotatable bonds is 10. The van der Waals surface area contributed by atoms with E-state index < -0.39 is 18.0 Å². The third-order valence-electron chi connectivity index (χ3n) is 7.03. The molecule has 1 atom stereocenters. The summed E-state index contributed by atoms with van der Waals surface area (Å²) in [4.78, 5) is 45.1. The van der Waals surface area contributed by atoms with E-state index in [1.165, 1.54) is 4.57 Å². The summed E-state index contributed by atoms with van der Waals surface area (Å²) >= 11 is 7.42. The Kier molecular flexibility index (Phi) is 9.83. The summed E-state index contributed by atoms with van der Waals surface area (Å²) in [5.74, 6) is 0.655. The molecule has 0 amide bonds. The van der Waals surface area contributed by atoms with Crippen molar-refractivity contribution in [2.75, 3.05) is 20.3 Å². The SMILES string of the molecule is CCOC(=O)C1=C(C)N=c2s/c(=C/c3ccc(-c4cc(Cl)ccc4C(=O)OC(C)C)o3)c(=O)n2[C@H]1c1ccc(OC)c(OCC)c1. The molecule has 10 nitrogen and oxygen atoms in total. The van der Waals surface area contributed by atoms with Crippen molar-refractivity contribution in [1.29, 1.82) is 0 Å². The first-order valence-electron chi connectivity index (χ1n) is 14.7. The fourth-order valence-electron chi connectivity index (χ4n) is 5.12. The maximum Gasteiger partial charge on any atom is 0.339 e. The minimum atomic E-state index is -0.837. The number of nitrogens with zero attached hydrogens (tertiary/aromatic N) is 2. The second-order valence-electron chi connectivity index (χ2n) is 10.5. The number of fused-ring (bicyclic) bond motifs is 1. The van der Waals surface area contributed by atoms with Gasteiger partial charge in [-0.3, -0.25) is 9.36 Å². The monoisotopic (exact) mass is 664 g/mol. The number of halogens is 1. The number of benzene rings is 2. The normalized spacial score (nSPS) is 14.6. The zero-order valence-corrected chi connectivity index (χ0v) is 27.8. The maximum absolute atomic E-state index is 14.1. The van der Waals surface area contributed by atoms with Gasteiger partial charge in [-0.15, -0.1) is 0 Å². The molecular weight excluding hydrogens is 632 g/mol. The van der Waals surface area contributed by atoms with Crippen LogP contribution in [0.4, 0.5) is 0 Å². The van der Waals surface area contributed by atoms with Crippen LogP contribution in [0.15, 0.2) is 74.0 Å². The molecule has 240 valence electrons. The largest absolute Gasteiger partial charge is 0.493 e. The van der Waals surface area contributed by atoms with Crippen molar-refractivity contribution in [3.63, 3.8) is 0 Å². The van der Waals surface area contributed by atoms with Crippen LogP contribution < -0.4 is 24.4 Å². The van der Waals surface area contributed by atoms with Crippen molar-refractivity contribution in [1.82, 2.24) is 4.57 Å². The van der Waals surface area contributed by atoms with E-state index in [0.29, 0.717) is 66.4 Å². The molecule has 0 N–H and O–H groups in total. The molecule has 0 unspecified atom stereocenters. The summed E-state index contributed by atoms with van der Waals surface area (Å²) in [5.41, 5.74) is 1.68. The van der Waals surface area contributed by atoms with Gasteiger partial charge in [0.1, 0.15) is 11.5 Å². The Morgan fingerprint density at radius 1 is 1.07 bits per heavy atom. The molecule has 12 heteroatoms. The van der Waals surface area contributed by atoms with Gasteiger partial charge in [0.2, 0.25) is 0 Å². The zero-order chi connectivity index (χ0) is 33.1. The Morgan fingerprint density at radius 3 is 2.54 bits per heavy atom. The minimum absolute atomic E-state index is 0.157. The Morgan fingerprint density at radius 2 is 1.85 bits per heavy atom. The van der Waals surface area contributed by atoms with Gasteiger partial charge in [-0.1, -0.05) is 29.0 Å². The van der Waals surface area contributed by atoms with Crippen molar-refractivity contribution < 1.29 is 33.0 Å². The zero-order valence-electron chi connectivity index (χ0n) is 26.2. The summed E-state index contributed by atoms with van der Waals surface area (Å²) < 4.78 is 29.9. The van der Waals surface area contributed by atoms with E-state index in [-0.39, 0.29) is 23.8 Å². The quantitative estimate of drug-likeness (QED) is 0.199. The van der Waals surface area contributed by atoms with Crippen LogP contribution in [0.3, 0.4) is 0 Å². The molecular formula is C34H33ClN2O8S. The lowest BCUT2D eigenvalue weighted by Gasteiger charge is -2.25. The van der Waals surface area contributed by atoms with E-state index in [1.807, 2.05) is 6.92 Å². The number of carbonyl (C=O) groups excluding carboxylic acids is 2. The van der Waals surface area contributed by atoms with E-state index in [2.05, 4.69) is 4.99 Å². The van der Waals surface area contributed by atoms with Crippen LogP contribution in [-0.4, -0.2) is 42.9 Å². The molecule has 5 rings (SSSR count). The number of hydrogen-bond acceptors (Lipinski definition) is 10. The lowest BCUT2D eigenvalue weighted by molar-refractivity contribution is -0.139. The molecule has 0 radical (unpaired) electrons. The fraction of sp³-hybridized carbons (Fsp3) is 0.294. The van der Waals surface area contributed by atoms with Crippen LogP contribution in [0.1, 0.15) is 62.3 Å². The first-order valence-corrected chi connectivity index (χ1v) is 15.9. The Bertz CT molecular complexity index is 2020. The van der Waals surface area contributed by atoms with Gasteiger partial charge in [0.05, 0.1) is 53.8 Å². The molecule has 2 aromatic heterocycles. The second kappa shape index (κ2) is 13.8. The molecule has 0 aliphatic carbocycles. The first kappa shape index (κ1) is 32.8.